The number of nitrogens with zero attached hydrogens (tertiary/aromatic N) is 1. The third-order valence-corrected chi connectivity index (χ3v) is 5.37. The Hall–Kier alpha value is -3.66. The Morgan fingerprint density at radius 3 is 2.32 bits per heavy atom. The van der Waals surface area contributed by atoms with Gasteiger partial charge in [0.05, 0.1) is 0 Å². The van der Waals surface area contributed by atoms with E-state index in [1.807, 2.05) is 72.8 Å². The molecule has 0 aliphatic carbocycles. The predicted molar refractivity (Wildman–Crippen MR) is 128 cm³/mol. The van der Waals surface area contributed by atoms with Gasteiger partial charge >= 0.3 is 0 Å². The standard InChI is InChI=1S/C27H27N3O/c1-27(2,3)22-13-7-8-14-24(22)29-25(19-10-5-4-6-11-19)26(31)30-23-15-9-12-20-18-28-17-16-21(20)23/h4-18,25,29H,1-3H3,(H,30,31). The second-order valence-electron chi connectivity index (χ2n) is 8.68. The van der Waals surface area contributed by atoms with E-state index in [9.17, 15) is 4.79 Å². The quantitative estimate of drug-likeness (QED) is 0.405. The molecule has 4 heteroatoms. The van der Waals surface area contributed by atoms with Crippen LogP contribution in [0.1, 0.15) is 37.9 Å². The largest absolute Gasteiger partial charge is 0.370 e. The topological polar surface area (TPSA) is 54.0 Å². The number of fused-ring (bicyclic) bond motifs is 1. The molecule has 1 heterocycles. The number of hydrogen-bond donors (Lipinski definition) is 2. The van der Waals surface area contributed by atoms with Gasteiger partial charge in [-0.3, -0.25) is 9.78 Å². The molecule has 4 rings (SSSR count). The SMILES string of the molecule is CC(C)(C)c1ccccc1NC(C(=O)Nc1cccc2cnccc12)c1ccccc1. The highest BCUT2D eigenvalue weighted by Gasteiger charge is 2.24. The zero-order chi connectivity index (χ0) is 21.8. The van der Waals surface area contributed by atoms with Crippen molar-refractivity contribution in [2.45, 2.75) is 32.2 Å². The molecule has 3 aromatic carbocycles. The molecular weight excluding hydrogens is 382 g/mol. The molecule has 0 bridgehead atoms. The van der Waals surface area contributed by atoms with Crippen LogP contribution in [0.15, 0.2) is 91.3 Å². The maximum Gasteiger partial charge on any atom is 0.251 e. The molecule has 4 nitrogen and oxygen atoms in total. The number of amides is 1. The zero-order valence-electron chi connectivity index (χ0n) is 18.1. The van der Waals surface area contributed by atoms with Crippen LogP contribution in [0.3, 0.4) is 0 Å². The number of benzene rings is 3. The smallest absolute Gasteiger partial charge is 0.251 e. The van der Waals surface area contributed by atoms with E-state index in [0.29, 0.717) is 0 Å². The number of para-hydroxylation sites is 1. The van der Waals surface area contributed by atoms with Gasteiger partial charge in [0.2, 0.25) is 0 Å². The van der Waals surface area contributed by atoms with Gasteiger partial charge < -0.3 is 10.6 Å². The summed E-state index contributed by atoms with van der Waals surface area (Å²) in [4.78, 5) is 17.7. The van der Waals surface area contributed by atoms with E-state index in [1.54, 1.807) is 12.4 Å². The Morgan fingerprint density at radius 1 is 0.839 bits per heavy atom. The van der Waals surface area contributed by atoms with Gasteiger partial charge in [0.1, 0.15) is 6.04 Å². The number of rotatable bonds is 5. The summed E-state index contributed by atoms with van der Waals surface area (Å²) in [5, 5.41) is 8.60. The summed E-state index contributed by atoms with van der Waals surface area (Å²) in [6, 6.07) is 25.2. The average molecular weight is 410 g/mol. The summed E-state index contributed by atoms with van der Waals surface area (Å²) in [6.07, 6.45) is 3.54. The number of carbonyl (C=O) groups is 1. The molecule has 4 aromatic rings. The van der Waals surface area contributed by atoms with E-state index >= 15 is 0 Å². The van der Waals surface area contributed by atoms with Gasteiger partial charge in [-0.2, -0.15) is 0 Å². The van der Waals surface area contributed by atoms with Gasteiger partial charge in [0.25, 0.3) is 5.91 Å². The number of anilines is 2. The maximum atomic E-state index is 13.5. The first-order valence-electron chi connectivity index (χ1n) is 10.5. The van der Waals surface area contributed by atoms with Crippen LogP contribution in [0, 0.1) is 0 Å². The lowest BCUT2D eigenvalue weighted by Crippen LogP contribution is -2.28. The van der Waals surface area contributed by atoms with Crippen LogP contribution < -0.4 is 10.6 Å². The molecule has 0 radical (unpaired) electrons. The van der Waals surface area contributed by atoms with Crippen LogP contribution in [-0.4, -0.2) is 10.9 Å². The van der Waals surface area contributed by atoms with E-state index in [0.717, 1.165) is 27.7 Å². The van der Waals surface area contributed by atoms with Gasteiger partial charge in [-0.25, -0.2) is 0 Å². The van der Waals surface area contributed by atoms with Gasteiger partial charge in [-0.1, -0.05) is 81.4 Å². The van der Waals surface area contributed by atoms with Crippen molar-refractivity contribution in [2.75, 3.05) is 10.6 Å². The molecule has 0 aliphatic heterocycles. The molecule has 1 unspecified atom stereocenters. The highest BCUT2D eigenvalue weighted by atomic mass is 16.2. The summed E-state index contributed by atoms with van der Waals surface area (Å²) >= 11 is 0. The van der Waals surface area contributed by atoms with Crippen LogP contribution in [0.4, 0.5) is 11.4 Å². The molecule has 1 aromatic heterocycles. The first-order chi connectivity index (χ1) is 14.9. The van der Waals surface area contributed by atoms with E-state index in [4.69, 9.17) is 0 Å². The van der Waals surface area contributed by atoms with Crippen LogP contribution in [-0.2, 0) is 10.2 Å². The van der Waals surface area contributed by atoms with Crippen molar-refractivity contribution in [3.63, 3.8) is 0 Å². The third kappa shape index (κ3) is 4.58. The highest BCUT2D eigenvalue weighted by molar-refractivity contribution is 6.04. The van der Waals surface area contributed by atoms with E-state index in [-0.39, 0.29) is 11.3 Å². The number of nitrogens with one attached hydrogen (secondary N) is 2. The Kier molecular flexibility index (Phi) is 5.72. The number of carbonyl (C=O) groups excluding carboxylic acids is 1. The van der Waals surface area contributed by atoms with Crippen molar-refractivity contribution < 1.29 is 4.79 Å². The molecule has 0 saturated heterocycles. The second kappa shape index (κ2) is 8.60. The Labute approximate surface area is 183 Å². The van der Waals surface area contributed by atoms with Gasteiger partial charge in [-0.15, -0.1) is 0 Å². The van der Waals surface area contributed by atoms with Crippen LogP contribution in [0.5, 0.6) is 0 Å². The number of aromatic nitrogens is 1. The molecule has 31 heavy (non-hydrogen) atoms. The molecule has 2 N–H and O–H groups in total. The van der Waals surface area contributed by atoms with Gasteiger partial charge in [-0.05, 0) is 34.7 Å². The molecule has 0 spiro atoms. The van der Waals surface area contributed by atoms with Crippen molar-refractivity contribution in [3.8, 4) is 0 Å². The third-order valence-electron chi connectivity index (χ3n) is 5.37. The van der Waals surface area contributed by atoms with Crippen molar-refractivity contribution in [1.82, 2.24) is 4.98 Å². The molecule has 1 atom stereocenters. The van der Waals surface area contributed by atoms with Crippen molar-refractivity contribution in [1.29, 1.82) is 0 Å². The molecule has 156 valence electrons. The fraction of sp³-hybridized carbons (Fsp3) is 0.185. The van der Waals surface area contributed by atoms with Gasteiger partial charge in [0, 0.05) is 34.5 Å². The Balaban J connectivity index is 1.70. The first-order valence-corrected chi connectivity index (χ1v) is 10.5. The zero-order valence-corrected chi connectivity index (χ0v) is 18.1. The van der Waals surface area contributed by atoms with Crippen molar-refractivity contribution >= 4 is 28.1 Å². The van der Waals surface area contributed by atoms with Crippen LogP contribution >= 0.6 is 0 Å². The maximum absolute atomic E-state index is 13.5. The van der Waals surface area contributed by atoms with Gasteiger partial charge in [0.15, 0.2) is 0 Å². The fourth-order valence-corrected chi connectivity index (χ4v) is 3.80. The second-order valence-corrected chi connectivity index (χ2v) is 8.68. The van der Waals surface area contributed by atoms with Crippen LogP contribution in [0.2, 0.25) is 0 Å². The summed E-state index contributed by atoms with van der Waals surface area (Å²) < 4.78 is 0. The molecule has 0 fully saturated rings. The van der Waals surface area contributed by atoms with E-state index in [2.05, 4.69) is 42.5 Å². The summed E-state index contributed by atoms with van der Waals surface area (Å²) in [6.45, 7) is 6.53. The fourth-order valence-electron chi connectivity index (χ4n) is 3.80. The predicted octanol–water partition coefficient (Wildman–Crippen LogP) is 6.32. The molecular formula is C27H27N3O. The lowest BCUT2D eigenvalue weighted by Gasteiger charge is -2.27. The normalized spacial score (nSPS) is 12.4. The van der Waals surface area contributed by atoms with Crippen molar-refractivity contribution in [3.05, 3.63) is 102 Å². The monoisotopic (exact) mass is 409 g/mol. The van der Waals surface area contributed by atoms with Crippen molar-refractivity contribution in [2.24, 2.45) is 0 Å². The average Bonchev–Trinajstić information content (AvgIpc) is 2.78. The molecule has 1 amide bonds. The lowest BCUT2D eigenvalue weighted by atomic mass is 9.85. The first kappa shape index (κ1) is 20.6. The summed E-state index contributed by atoms with van der Waals surface area (Å²) in [5.41, 5.74) is 3.76. The molecule has 0 saturated carbocycles. The summed E-state index contributed by atoms with van der Waals surface area (Å²) in [7, 11) is 0. The highest BCUT2D eigenvalue weighted by Crippen LogP contribution is 2.32. The lowest BCUT2D eigenvalue weighted by molar-refractivity contribution is -0.117. The number of hydrogen-bond acceptors (Lipinski definition) is 3. The Bertz CT molecular complexity index is 1190. The minimum absolute atomic E-state index is 0.0516. The summed E-state index contributed by atoms with van der Waals surface area (Å²) in [5.74, 6) is -0.112. The molecule has 0 aliphatic rings. The Morgan fingerprint density at radius 2 is 1.55 bits per heavy atom. The van der Waals surface area contributed by atoms with E-state index in [1.165, 1.54) is 5.56 Å². The van der Waals surface area contributed by atoms with E-state index < -0.39 is 6.04 Å². The minimum Gasteiger partial charge on any atom is -0.370 e. The minimum atomic E-state index is -0.540. The van der Waals surface area contributed by atoms with Crippen LogP contribution in [0.25, 0.3) is 10.8 Å². The number of pyridine rings is 1.